The van der Waals surface area contributed by atoms with Gasteiger partial charge in [-0.3, -0.25) is 9.48 Å². The summed E-state index contributed by atoms with van der Waals surface area (Å²) in [6.45, 7) is 8.56. The number of carbonyl (C=O) groups is 1. The summed E-state index contributed by atoms with van der Waals surface area (Å²) >= 11 is 0. The minimum atomic E-state index is -0.113. The standard InChI is InChI=1S/C26H28N4O3/c1-18-5-6-20(19(2)13-18)14-25-26(31)23-8-7-22(15-24(23)33-25)32-17-21-16-30(28-27-21)12-11-29-9-3-4-10-29/h5-8,13-16H,3-4,9-12,17H2,1-2H3/b25-14-. The average Bonchev–Trinajstić information content (AvgIpc) is 3.54. The van der Waals surface area contributed by atoms with E-state index >= 15 is 0 Å². The van der Waals surface area contributed by atoms with Gasteiger partial charge in [0.05, 0.1) is 18.3 Å². The van der Waals surface area contributed by atoms with Gasteiger partial charge >= 0.3 is 0 Å². The van der Waals surface area contributed by atoms with E-state index in [4.69, 9.17) is 9.47 Å². The third kappa shape index (κ3) is 4.83. The van der Waals surface area contributed by atoms with Gasteiger partial charge in [0.2, 0.25) is 5.78 Å². The van der Waals surface area contributed by atoms with Crippen LogP contribution >= 0.6 is 0 Å². The quantitative estimate of drug-likeness (QED) is 0.509. The van der Waals surface area contributed by atoms with Crippen molar-refractivity contribution in [3.05, 3.63) is 76.3 Å². The maximum Gasteiger partial charge on any atom is 0.231 e. The summed E-state index contributed by atoms with van der Waals surface area (Å²) in [6.07, 6.45) is 6.30. The Hall–Kier alpha value is -3.45. The molecule has 1 aromatic heterocycles. The van der Waals surface area contributed by atoms with E-state index in [-0.39, 0.29) is 5.78 Å². The molecule has 0 spiro atoms. The number of hydrogen-bond donors (Lipinski definition) is 0. The molecular formula is C26H28N4O3. The Balaban J connectivity index is 1.21. The molecule has 33 heavy (non-hydrogen) atoms. The molecule has 0 atom stereocenters. The Morgan fingerprint density at radius 1 is 1.09 bits per heavy atom. The summed E-state index contributed by atoms with van der Waals surface area (Å²) in [6, 6.07) is 11.4. The largest absolute Gasteiger partial charge is 0.487 e. The number of aromatic nitrogens is 3. The van der Waals surface area contributed by atoms with Crippen LogP contribution in [0.15, 0.2) is 48.4 Å². The Morgan fingerprint density at radius 2 is 1.94 bits per heavy atom. The highest BCUT2D eigenvalue weighted by atomic mass is 16.5. The van der Waals surface area contributed by atoms with E-state index in [0.29, 0.717) is 29.4 Å². The maximum atomic E-state index is 12.8. The Kier molecular flexibility index (Phi) is 5.96. The van der Waals surface area contributed by atoms with Crippen molar-refractivity contribution >= 4 is 11.9 Å². The molecular weight excluding hydrogens is 416 g/mol. The van der Waals surface area contributed by atoms with Gasteiger partial charge in [0.1, 0.15) is 23.8 Å². The maximum absolute atomic E-state index is 12.8. The Bertz CT molecular complexity index is 1210. The van der Waals surface area contributed by atoms with Gasteiger partial charge in [-0.05, 0) is 69.1 Å². The topological polar surface area (TPSA) is 69.5 Å². The lowest BCUT2D eigenvalue weighted by Gasteiger charge is -2.13. The number of Topliss-reactive ketones (excluding diaryl/α,β-unsaturated/α-hetero) is 1. The van der Waals surface area contributed by atoms with E-state index in [1.807, 2.05) is 36.9 Å². The van der Waals surface area contributed by atoms with Gasteiger partial charge in [0, 0.05) is 12.6 Å². The van der Waals surface area contributed by atoms with Gasteiger partial charge in [-0.1, -0.05) is 29.0 Å². The highest BCUT2D eigenvalue weighted by molar-refractivity contribution is 6.14. The van der Waals surface area contributed by atoms with E-state index in [2.05, 4.69) is 21.3 Å². The predicted octanol–water partition coefficient (Wildman–Crippen LogP) is 4.19. The van der Waals surface area contributed by atoms with E-state index in [9.17, 15) is 4.79 Å². The van der Waals surface area contributed by atoms with Crippen molar-refractivity contribution in [3.63, 3.8) is 0 Å². The van der Waals surface area contributed by atoms with Gasteiger partial charge in [-0.15, -0.1) is 5.10 Å². The van der Waals surface area contributed by atoms with Crippen LogP contribution in [0.3, 0.4) is 0 Å². The molecule has 3 heterocycles. The number of benzene rings is 2. The Morgan fingerprint density at radius 3 is 2.76 bits per heavy atom. The zero-order valence-electron chi connectivity index (χ0n) is 19.1. The third-order valence-corrected chi connectivity index (χ3v) is 6.17. The van der Waals surface area contributed by atoms with Crippen LogP contribution in [0.2, 0.25) is 0 Å². The van der Waals surface area contributed by atoms with Crippen molar-refractivity contribution in [1.82, 2.24) is 19.9 Å². The van der Waals surface area contributed by atoms with Crippen LogP contribution < -0.4 is 9.47 Å². The summed E-state index contributed by atoms with van der Waals surface area (Å²) in [5.74, 6) is 1.36. The van der Waals surface area contributed by atoms with Crippen molar-refractivity contribution in [3.8, 4) is 11.5 Å². The molecule has 2 aromatic carbocycles. The van der Waals surface area contributed by atoms with Crippen LogP contribution in [-0.2, 0) is 13.2 Å². The minimum Gasteiger partial charge on any atom is -0.487 e. The highest BCUT2D eigenvalue weighted by Gasteiger charge is 2.28. The average molecular weight is 445 g/mol. The summed E-state index contributed by atoms with van der Waals surface area (Å²) in [5, 5.41) is 8.41. The van der Waals surface area contributed by atoms with E-state index in [1.54, 1.807) is 24.3 Å². The summed E-state index contributed by atoms with van der Waals surface area (Å²) < 4.78 is 13.6. The monoisotopic (exact) mass is 444 g/mol. The fourth-order valence-electron chi connectivity index (χ4n) is 4.31. The second-order valence-electron chi connectivity index (χ2n) is 8.77. The van der Waals surface area contributed by atoms with Crippen LogP contribution in [0.1, 0.15) is 45.6 Å². The van der Waals surface area contributed by atoms with Gasteiger partial charge in [0.25, 0.3) is 0 Å². The van der Waals surface area contributed by atoms with Crippen molar-refractivity contribution in [2.24, 2.45) is 0 Å². The normalized spacial score (nSPS) is 16.9. The van der Waals surface area contributed by atoms with Crippen molar-refractivity contribution in [2.75, 3.05) is 19.6 Å². The van der Waals surface area contributed by atoms with Gasteiger partial charge in [-0.25, -0.2) is 0 Å². The van der Waals surface area contributed by atoms with Gasteiger partial charge in [-0.2, -0.15) is 0 Å². The van der Waals surface area contributed by atoms with E-state index < -0.39 is 0 Å². The second kappa shape index (κ2) is 9.19. The molecule has 2 aliphatic rings. The number of carbonyl (C=O) groups excluding carboxylic acids is 1. The van der Waals surface area contributed by atoms with Crippen LogP contribution in [0.25, 0.3) is 6.08 Å². The van der Waals surface area contributed by atoms with Crippen LogP contribution in [0, 0.1) is 13.8 Å². The first-order chi connectivity index (χ1) is 16.0. The number of nitrogens with zero attached hydrogens (tertiary/aromatic N) is 4. The molecule has 1 fully saturated rings. The van der Waals surface area contributed by atoms with Crippen LogP contribution in [0.5, 0.6) is 11.5 Å². The van der Waals surface area contributed by atoms with Crippen molar-refractivity contribution in [1.29, 1.82) is 0 Å². The first-order valence-corrected chi connectivity index (χ1v) is 11.4. The van der Waals surface area contributed by atoms with Crippen LogP contribution in [0.4, 0.5) is 0 Å². The molecule has 3 aromatic rings. The van der Waals surface area contributed by atoms with Gasteiger partial charge in [0.15, 0.2) is 5.76 Å². The Labute approximate surface area is 193 Å². The summed E-state index contributed by atoms with van der Waals surface area (Å²) in [7, 11) is 0. The lowest BCUT2D eigenvalue weighted by atomic mass is 10.0. The molecule has 170 valence electrons. The smallest absolute Gasteiger partial charge is 0.231 e. The SMILES string of the molecule is Cc1ccc(/C=C2\Oc3cc(OCc4cn(CCN5CCCC5)nn4)ccc3C2=O)c(C)c1. The lowest BCUT2D eigenvalue weighted by molar-refractivity contribution is 0.101. The molecule has 5 rings (SSSR count). The molecule has 0 bridgehead atoms. The third-order valence-electron chi connectivity index (χ3n) is 6.17. The second-order valence-corrected chi connectivity index (χ2v) is 8.77. The van der Waals surface area contributed by atoms with Gasteiger partial charge < -0.3 is 14.4 Å². The minimum absolute atomic E-state index is 0.113. The lowest BCUT2D eigenvalue weighted by Crippen LogP contribution is -2.24. The number of aryl methyl sites for hydroxylation is 2. The fourth-order valence-corrected chi connectivity index (χ4v) is 4.31. The van der Waals surface area contributed by atoms with Crippen molar-refractivity contribution in [2.45, 2.75) is 39.8 Å². The number of rotatable bonds is 7. The molecule has 1 saturated heterocycles. The van der Waals surface area contributed by atoms with Crippen molar-refractivity contribution < 1.29 is 14.3 Å². The number of fused-ring (bicyclic) bond motifs is 1. The zero-order chi connectivity index (χ0) is 22.8. The number of ketones is 1. The molecule has 0 saturated carbocycles. The zero-order valence-corrected chi connectivity index (χ0v) is 19.1. The molecule has 7 nitrogen and oxygen atoms in total. The first kappa shape index (κ1) is 21.4. The van der Waals surface area contributed by atoms with E-state index in [1.165, 1.54) is 31.5 Å². The summed E-state index contributed by atoms with van der Waals surface area (Å²) in [5.41, 5.74) is 4.58. The highest BCUT2D eigenvalue weighted by Crippen LogP contribution is 2.35. The number of likely N-dealkylation sites (tertiary alicyclic amines) is 1. The molecule has 7 heteroatoms. The number of hydrogen-bond acceptors (Lipinski definition) is 6. The van der Waals surface area contributed by atoms with Crippen LogP contribution in [-0.4, -0.2) is 45.3 Å². The summed E-state index contributed by atoms with van der Waals surface area (Å²) in [4.78, 5) is 15.2. The molecule has 0 N–H and O–H groups in total. The molecule has 0 radical (unpaired) electrons. The molecule has 0 aliphatic carbocycles. The number of allylic oxidation sites excluding steroid dienone is 1. The first-order valence-electron chi connectivity index (χ1n) is 11.4. The molecule has 2 aliphatic heterocycles. The molecule has 0 unspecified atom stereocenters. The van der Waals surface area contributed by atoms with E-state index in [0.717, 1.165) is 29.9 Å². The number of ether oxygens (including phenoxy) is 2. The fraction of sp³-hybridized carbons (Fsp3) is 0.346. The predicted molar refractivity (Wildman–Crippen MR) is 125 cm³/mol. The molecule has 0 amide bonds.